The van der Waals surface area contributed by atoms with Crippen LogP contribution in [-0.4, -0.2) is 46.3 Å². The van der Waals surface area contributed by atoms with Crippen LogP contribution in [0.1, 0.15) is 51.4 Å². The summed E-state index contributed by atoms with van der Waals surface area (Å²) in [6, 6.07) is 0.455. The van der Waals surface area contributed by atoms with E-state index in [-0.39, 0.29) is 29.8 Å². The highest BCUT2D eigenvalue weighted by molar-refractivity contribution is 5.73. The summed E-state index contributed by atoms with van der Waals surface area (Å²) in [5.41, 5.74) is 0. The molecule has 0 spiro atoms. The number of carbonyl (C=O) groups excluding carboxylic acids is 1. The predicted molar refractivity (Wildman–Crippen MR) is 98.5 cm³/mol. The molecular formula is C20H31FN4O2. The van der Waals surface area contributed by atoms with E-state index in [0.29, 0.717) is 31.3 Å². The van der Waals surface area contributed by atoms with E-state index in [2.05, 4.69) is 15.6 Å². The number of alkyl halides is 1. The molecule has 7 atom stereocenters. The number of carbonyl (C=O) groups is 1. The maximum absolute atomic E-state index is 14.2. The van der Waals surface area contributed by atoms with Crippen molar-refractivity contribution in [3.63, 3.8) is 0 Å². The van der Waals surface area contributed by atoms with Crippen molar-refractivity contribution in [2.24, 2.45) is 23.7 Å². The number of methoxy groups -OCH3 is 1. The molecule has 0 amide bonds. The summed E-state index contributed by atoms with van der Waals surface area (Å²) < 4.78 is 21.3. The standard InChI is InChI=1S/C20H31FN4O2/c1-27-20(26)18-15-7-2-3-8-17(15)23-19(13-5-4-6-14(21)11-13)16(18)12-25-10-9-22-24-25/h9-10,13-19,23H,2-8,11-12H2,1H3. The van der Waals surface area contributed by atoms with Gasteiger partial charge >= 0.3 is 5.97 Å². The number of esters is 1. The number of ether oxygens (including phenoxy) is 1. The van der Waals surface area contributed by atoms with E-state index in [1.54, 1.807) is 6.20 Å². The molecule has 0 bridgehead atoms. The normalized spacial score (nSPS) is 39.6. The van der Waals surface area contributed by atoms with E-state index < -0.39 is 6.17 Å². The van der Waals surface area contributed by atoms with Gasteiger partial charge in [-0.05, 0) is 43.9 Å². The molecule has 3 fully saturated rings. The average molecular weight is 378 g/mol. The topological polar surface area (TPSA) is 69.0 Å². The van der Waals surface area contributed by atoms with Crippen LogP contribution in [0.5, 0.6) is 0 Å². The van der Waals surface area contributed by atoms with Gasteiger partial charge in [-0.25, -0.2) is 4.39 Å². The lowest BCUT2D eigenvalue weighted by Gasteiger charge is -2.51. The molecule has 150 valence electrons. The molecule has 27 heavy (non-hydrogen) atoms. The first kappa shape index (κ1) is 18.8. The SMILES string of the molecule is COC(=O)C1C2CCCCC2NC(C2CCCC(F)C2)C1Cn1ccnn1. The number of hydrogen-bond donors (Lipinski definition) is 1. The Balaban J connectivity index is 1.66. The van der Waals surface area contributed by atoms with E-state index in [4.69, 9.17) is 4.74 Å². The van der Waals surface area contributed by atoms with Crippen LogP contribution in [0.25, 0.3) is 0 Å². The lowest BCUT2D eigenvalue weighted by Crippen LogP contribution is -2.63. The number of aromatic nitrogens is 3. The van der Waals surface area contributed by atoms with Crippen LogP contribution in [0.4, 0.5) is 4.39 Å². The molecule has 7 heteroatoms. The molecule has 1 aromatic heterocycles. The minimum absolute atomic E-state index is 0.0498. The van der Waals surface area contributed by atoms with Crippen molar-refractivity contribution >= 4 is 5.97 Å². The second kappa shape index (κ2) is 8.25. The molecule has 6 nitrogen and oxygen atoms in total. The Bertz CT molecular complexity index is 626. The Hall–Kier alpha value is -1.50. The predicted octanol–water partition coefficient (Wildman–Crippen LogP) is 2.74. The maximum Gasteiger partial charge on any atom is 0.309 e. The highest BCUT2D eigenvalue weighted by Gasteiger charge is 2.51. The van der Waals surface area contributed by atoms with Crippen molar-refractivity contribution in [2.45, 2.75) is 76.2 Å². The van der Waals surface area contributed by atoms with Crippen molar-refractivity contribution in [3.8, 4) is 0 Å². The van der Waals surface area contributed by atoms with Gasteiger partial charge in [0.05, 0.1) is 19.2 Å². The summed E-state index contributed by atoms with van der Waals surface area (Å²) in [4.78, 5) is 12.9. The van der Waals surface area contributed by atoms with E-state index in [1.165, 1.54) is 13.5 Å². The van der Waals surface area contributed by atoms with Crippen LogP contribution < -0.4 is 5.32 Å². The van der Waals surface area contributed by atoms with Gasteiger partial charge in [0.1, 0.15) is 6.17 Å². The van der Waals surface area contributed by atoms with Crippen LogP contribution in [-0.2, 0) is 16.1 Å². The molecule has 3 aliphatic rings. The fourth-order valence-corrected chi connectivity index (χ4v) is 5.94. The van der Waals surface area contributed by atoms with Crippen molar-refractivity contribution in [2.75, 3.05) is 7.11 Å². The van der Waals surface area contributed by atoms with Gasteiger partial charge in [0.15, 0.2) is 0 Å². The van der Waals surface area contributed by atoms with E-state index in [1.807, 2.05) is 10.9 Å². The second-order valence-corrected chi connectivity index (χ2v) is 8.61. The van der Waals surface area contributed by atoms with Crippen LogP contribution >= 0.6 is 0 Å². The largest absolute Gasteiger partial charge is 0.469 e. The first-order chi connectivity index (χ1) is 13.2. The third-order valence-corrected chi connectivity index (χ3v) is 7.11. The Morgan fingerprint density at radius 2 is 2.11 bits per heavy atom. The number of rotatable bonds is 4. The molecular weight excluding hydrogens is 347 g/mol. The number of nitrogens with zero attached hydrogens (tertiary/aromatic N) is 3. The minimum atomic E-state index is -0.724. The first-order valence-electron chi connectivity index (χ1n) is 10.5. The monoisotopic (exact) mass is 378 g/mol. The molecule has 2 heterocycles. The van der Waals surface area contributed by atoms with Crippen LogP contribution in [0, 0.1) is 23.7 Å². The Morgan fingerprint density at radius 1 is 1.26 bits per heavy atom. The molecule has 1 N–H and O–H groups in total. The van der Waals surface area contributed by atoms with E-state index >= 15 is 0 Å². The lowest BCUT2D eigenvalue weighted by molar-refractivity contribution is -0.155. The number of halogens is 1. The van der Waals surface area contributed by atoms with Gasteiger partial charge in [-0.1, -0.05) is 24.5 Å². The highest BCUT2D eigenvalue weighted by Crippen LogP contribution is 2.45. The average Bonchev–Trinajstić information content (AvgIpc) is 3.20. The zero-order chi connectivity index (χ0) is 18.8. The van der Waals surface area contributed by atoms with Gasteiger partial charge in [0, 0.05) is 30.7 Å². The summed E-state index contributed by atoms with van der Waals surface area (Å²) in [7, 11) is 1.49. The zero-order valence-electron chi connectivity index (χ0n) is 16.1. The Kier molecular flexibility index (Phi) is 5.76. The lowest BCUT2D eigenvalue weighted by atomic mass is 9.62. The van der Waals surface area contributed by atoms with Crippen LogP contribution in [0.15, 0.2) is 12.4 Å². The number of hydrogen-bond acceptors (Lipinski definition) is 5. The van der Waals surface area contributed by atoms with Gasteiger partial charge in [-0.2, -0.15) is 0 Å². The molecule has 1 saturated heterocycles. The molecule has 1 aliphatic heterocycles. The summed E-state index contributed by atoms with van der Waals surface area (Å²) in [5.74, 6) is 0.332. The fourth-order valence-electron chi connectivity index (χ4n) is 5.94. The van der Waals surface area contributed by atoms with Gasteiger partial charge in [0.2, 0.25) is 0 Å². The number of fused-ring (bicyclic) bond motifs is 1. The van der Waals surface area contributed by atoms with Gasteiger partial charge in [0.25, 0.3) is 0 Å². The summed E-state index contributed by atoms with van der Waals surface area (Å²) >= 11 is 0. The highest BCUT2D eigenvalue weighted by atomic mass is 19.1. The van der Waals surface area contributed by atoms with E-state index in [0.717, 1.165) is 32.1 Å². The van der Waals surface area contributed by atoms with Crippen molar-refractivity contribution in [1.82, 2.24) is 20.3 Å². The number of piperidine rings is 1. The third-order valence-electron chi connectivity index (χ3n) is 7.11. The smallest absolute Gasteiger partial charge is 0.309 e. The fraction of sp³-hybridized carbons (Fsp3) is 0.850. The second-order valence-electron chi connectivity index (χ2n) is 8.61. The van der Waals surface area contributed by atoms with Gasteiger partial charge < -0.3 is 10.1 Å². The van der Waals surface area contributed by atoms with Crippen molar-refractivity contribution < 1.29 is 13.9 Å². The van der Waals surface area contributed by atoms with Crippen molar-refractivity contribution in [3.05, 3.63) is 12.4 Å². The van der Waals surface area contributed by atoms with Crippen molar-refractivity contribution in [1.29, 1.82) is 0 Å². The first-order valence-corrected chi connectivity index (χ1v) is 10.5. The summed E-state index contributed by atoms with van der Waals surface area (Å²) in [5, 5.41) is 11.9. The molecule has 0 aromatic carbocycles. The molecule has 2 saturated carbocycles. The maximum atomic E-state index is 14.2. The molecule has 1 aromatic rings. The summed E-state index contributed by atoms with van der Waals surface area (Å²) in [6.45, 7) is 0.619. The molecule has 2 aliphatic carbocycles. The zero-order valence-corrected chi connectivity index (χ0v) is 16.1. The van der Waals surface area contributed by atoms with Gasteiger partial charge in [-0.3, -0.25) is 9.48 Å². The Morgan fingerprint density at radius 3 is 2.85 bits per heavy atom. The molecule has 4 rings (SSSR count). The van der Waals surface area contributed by atoms with E-state index in [9.17, 15) is 9.18 Å². The van der Waals surface area contributed by atoms with Crippen LogP contribution in [0.3, 0.4) is 0 Å². The summed E-state index contributed by atoms with van der Waals surface area (Å²) in [6.07, 6.45) is 10.5. The molecule has 0 radical (unpaired) electrons. The molecule has 7 unspecified atom stereocenters. The Labute approximate surface area is 160 Å². The van der Waals surface area contributed by atoms with Crippen LogP contribution in [0.2, 0.25) is 0 Å². The minimum Gasteiger partial charge on any atom is -0.469 e. The third kappa shape index (κ3) is 3.89. The quantitative estimate of drug-likeness (QED) is 0.816. The van der Waals surface area contributed by atoms with Gasteiger partial charge in [-0.15, -0.1) is 5.10 Å². The number of nitrogens with one attached hydrogen (secondary N) is 1.